The summed E-state index contributed by atoms with van der Waals surface area (Å²) in [4.78, 5) is 12.4. The third-order valence-corrected chi connectivity index (χ3v) is 4.89. The van der Waals surface area contributed by atoms with Crippen molar-refractivity contribution in [2.45, 2.75) is 33.3 Å². The summed E-state index contributed by atoms with van der Waals surface area (Å²) < 4.78 is 0. The van der Waals surface area contributed by atoms with Gasteiger partial charge in [-0.3, -0.25) is 0 Å². The second-order valence-corrected chi connectivity index (χ2v) is 7.10. The van der Waals surface area contributed by atoms with Crippen molar-refractivity contribution in [3.8, 4) is 0 Å². The molecular formula is C21H24ClN3O. The molecule has 0 bridgehead atoms. The van der Waals surface area contributed by atoms with Gasteiger partial charge >= 0.3 is 0 Å². The zero-order valence-corrected chi connectivity index (χ0v) is 16.4. The van der Waals surface area contributed by atoms with Gasteiger partial charge in [-0.05, 0) is 61.7 Å². The lowest BCUT2D eigenvalue weighted by molar-refractivity contribution is 0.0852. The Kier molecular flexibility index (Phi) is 5.62. The Morgan fingerprint density at radius 2 is 2.08 bits per heavy atom. The normalized spacial score (nSPS) is 16.7. The minimum Gasteiger partial charge on any atom is -0.387 e. The number of aliphatic imine (C=N–C) groups is 1. The largest absolute Gasteiger partial charge is 0.387 e. The number of hydrogen-bond donors (Lipinski definition) is 0. The summed E-state index contributed by atoms with van der Waals surface area (Å²) in [5.41, 5.74) is 6.38. The Hall–Kier alpha value is -2.33. The van der Waals surface area contributed by atoms with E-state index in [1.807, 2.05) is 42.6 Å². The third-order valence-electron chi connectivity index (χ3n) is 4.65. The van der Waals surface area contributed by atoms with Crippen LogP contribution >= 0.6 is 11.6 Å². The summed E-state index contributed by atoms with van der Waals surface area (Å²) in [6.07, 6.45) is 2.54. The topological polar surface area (TPSA) is 37.2 Å². The Balaban J connectivity index is 1.79. The van der Waals surface area contributed by atoms with Crippen LogP contribution in [0, 0.1) is 13.8 Å². The van der Waals surface area contributed by atoms with E-state index in [4.69, 9.17) is 16.4 Å². The first-order chi connectivity index (χ1) is 12.5. The first-order valence-corrected chi connectivity index (χ1v) is 9.20. The van der Waals surface area contributed by atoms with Crippen LogP contribution in [0.1, 0.15) is 41.7 Å². The van der Waals surface area contributed by atoms with Crippen LogP contribution in [0.25, 0.3) is 0 Å². The van der Waals surface area contributed by atoms with Crippen LogP contribution in [-0.2, 0) is 4.84 Å². The van der Waals surface area contributed by atoms with E-state index in [1.54, 1.807) is 0 Å². The fourth-order valence-corrected chi connectivity index (χ4v) is 3.12. The minimum atomic E-state index is -0.0703. The number of oxime groups is 1. The molecule has 0 radical (unpaired) electrons. The summed E-state index contributed by atoms with van der Waals surface area (Å²) in [6, 6.07) is 12.0. The van der Waals surface area contributed by atoms with Gasteiger partial charge in [-0.1, -0.05) is 28.9 Å². The van der Waals surface area contributed by atoms with Crippen molar-refractivity contribution < 1.29 is 4.84 Å². The van der Waals surface area contributed by atoms with Crippen LogP contribution in [0.5, 0.6) is 0 Å². The molecule has 0 saturated heterocycles. The molecule has 1 unspecified atom stereocenters. The van der Waals surface area contributed by atoms with Crippen molar-refractivity contribution in [2.24, 2.45) is 10.1 Å². The molecule has 4 nitrogen and oxygen atoms in total. The Bertz CT molecular complexity index is 860. The Labute approximate surface area is 160 Å². The van der Waals surface area contributed by atoms with Crippen LogP contribution in [-0.4, -0.2) is 30.5 Å². The average molecular weight is 370 g/mol. The first kappa shape index (κ1) is 18.5. The highest BCUT2D eigenvalue weighted by atomic mass is 35.5. The molecule has 1 heterocycles. The quantitative estimate of drug-likeness (QED) is 0.520. The lowest BCUT2D eigenvalue weighted by Gasteiger charge is -2.15. The molecule has 136 valence electrons. The zero-order valence-electron chi connectivity index (χ0n) is 15.7. The number of aryl methyl sites for hydroxylation is 2. The maximum atomic E-state index is 6.09. The highest BCUT2D eigenvalue weighted by Crippen LogP contribution is 2.35. The van der Waals surface area contributed by atoms with Crippen molar-refractivity contribution in [1.82, 2.24) is 4.90 Å². The Morgan fingerprint density at radius 3 is 2.81 bits per heavy atom. The van der Waals surface area contributed by atoms with E-state index < -0.39 is 0 Å². The van der Waals surface area contributed by atoms with Gasteiger partial charge in [-0.25, -0.2) is 4.99 Å². The summed E-state index contributed by atoms with van der Waals surface area (Å²) >= 11 is 6.09. The number of rotatable bonds is 5. The maximum Gasteiger partial charge on any atom is 0.158 e. The highest BCUT2D eigenvalue weighted by Gasteiger charge is 2.25. The zero-order chi connectivity index (χ0) is 18.7. The molecule has 1 atom stereocenters. The van der Waals surface area contributed by atoms with Gasteiger partial charge < -0.3 is 9.74 Å². The maximum absolute atomic E-state index is 6.09. The van der Waals surface area contributed by atoms with E-state index in [2.05, 4.69) is 43.1 Å². The molecule has 5 heteroatoms. The molecule has 1 aliphatic heterocycles. The molecule has 0 fully saturated rings. The summed E-state index contributed by atoms with van der Waals surface area (Å²) in [5, 5.41) is 5.00. The van der Waals surface area contributed by atoms with E-state index in [9.17, 15) is 0 Å². The molecular weight excluding hydrogens is 346 g/mol. The minimum absolute atomic E-state index is 0.0703. The fraction of sp³-hybridized carbons (Fsp3) is 0.333. The SMILES string of the molecule is CCN(C)C=Nc1cc(C)c(C2CC(c3cccc(Cl)c3)=NO2)cc1C. The lowest BCUT2D eigenvalue weighted by atomic mass is 9.95. The molecule has 0 aliphatic carbocycles. The summed E-state index contributed by atoms with van der Waals surface area (Å²) in [7, 11) is 2.02. The number of nitrogens with zero attached hydrogens (tertiary/aromatic N) is 3. The standard InChI is InChI=1S/C21H24ClN3O/c1-5-25(4)13-23-19-10-14(2)18(9-15(19)3)21-12-20(24-26-21)16-7-6-8-17(22)11-16/h6-11,13,21H,5,12H2,1-4H3. The van der Waals surface area contributed by atoms with Gasteiger partial charge in [-0.2, -0.15) is 0 Å². The van der Waals surface area contributed by atoms with Gasteiger partial charge in [0.1, 0.15) is 0 Å². The summed E-state index contributed by atoms with van der Waals surface area (Å²) in [5.74, 6) is 0. The van der Waals surface area contributed by atoms with E-state index >= 15 is 0 Å². The van der Waals surface area contributed by atoms with Gasteiger partial charge in [0.05, 0.1) is 17.7 Å². The van der Waals surface area contributed by atoms with Crippen molar-refractivity contribution in [2.75, 3.05) is 13.6 Å². The second-order valence-electron chi connectivity index (χ2n) is 6.66. The van der Waals surface area contributed by atoms with Gasteiger partial charge in [0, 0.05) is 30.6 Å². The predicted octanol–water partition coefficient (Wildman–Crippen LogP) is 5.43. The summed E-state index contributed by atoms with van der Waals surface area (Å²) in [6.45, 7) is 7.20. The van der Waals surface area contributed by atoms with E-state index in [1.165, 1.54) is 0 Å². The molecule has 0 amide bonds. The smallest absolute Gasteiger partial charge is 0.158 e. The van der Waals surface area contributed by atoms with Crippen LogP contribution < -0.4 is 0 Å². The molecule has 2 aromatic carbocycles. The van der Waals surface area contributed by atoms with Gasteiger partial charge in [0.2, 0.25) is 0 Å². The molecule has 0 aromatic heterocycles. The van der Waals surface area contributed by atoms with Gasteiger partial charge in [-0.15, -0.1) is 0 Å². The van der Waals surface area contributed by atoms with Crippen molar-refractivity contribution >= 4 is 29.3 Å². The molecule has 1 aliphatic rings. The number of hydrogen-bond acceptors (Lipinski definition) is 3. The predicted molar refractivity (Wildman–Crippen MR) is 109 cm³/mol. The average Bonchev–Trinajstić information content (AvgIpc) is 3.11. The van der Waals surface area contributed by atoms with Crippen LogP contribution in [0.4, 0.5) is 5.69 Å². The van der Waals surface area contributed by atoms with E-state index in [0.29, 0.717) is 5.02 Å². The lowest BCUT2D eigenvalue weighted by Crippen LogP contribution is -2.14. The molecule has 2 aromatic rings. The van der Waals surface area contributed by atoms with E-state index in [-0.39, 0.29) is 6.10 Å². The first-order valence-electron chi connectivity index (χ1n) is 8.82. The van der Waals surface area contributed by atoms with Gasteiger partial charge in [0.25, 0.3) is 0 Å². The van der Waals surface area contributed by atoms with Gasteiger partial charge in [0.15, 0.2) is 6.10 Å². The van der Waals surface area contributed by atoms with Crippen LogP contribution in [0.3, 0.4) is 0 Å². The third kappa shape index (κ3) is 4.07. The second kappa shape index (κ2) is 7.92. The monoisotopic (exact) mass is 369 g/mol. The van der Waals surface area contributed by atoms with Crippen molar-refractivity contribution in [3.05, 3.63) is 63.7 Å². The fourth-order valence-electron chi connectivity index (χ4n) is 2.93. The van der Waals surface area contributed by atoms with Crippen LogP contribution in [0.2, 0.25) is 5.02 Å². The highest BCUT2D eigenvalue weighted by molar-refractivity contribution is 6.31. The molecule has 0 spiro atoms. The molecule has 0 N–H and O–H groups in total. The molecule has 0 saturated carbocycles. The Morgan fingerprint density at radius 1 is 1.27 bits per heavy atom. The van der Waals surface area contributed by atoms with Crippen molar-refractivity contribution in [1.29, 1.82) is 0 Å². The molecule has 26 heavy (non-hydrogen) atoms. The van der Waals surface area contributed by atoms with Crippen molar-refractivity contribution in [3.63, 3.8) is 0 Å². The number of benzene rings is 2. The number of halogens is 1. The van der Waals surface area contributed by atoms with Crippen LogP contribution in [0.15, 0.2) is 46.5 Å². The van der Waals surface area contributed by atoms with E-state index in [0.717, 1.165) is 46.6 Å². The molecule has 3 rings (SSSR count).